The molecule has 0 radical (unpaired) electrons. The number of sulfone groups is 1. The van der Waals surface area contributed by atoms with Gasteiger partial charge in [-0.3, -0.25) is 4.79 Å². The van der Waals surface area contributed by atoms with Gasteiger partial charge in [0.2, 0.25) is 5.95 Å². The zero-order chi connectivity index (χ0) is 24.5. The molecule has 8 nitrogen and oxygen atoms in total. The first-order valence-electron chi connectivity index (χ1n) is 11.4. The number of anilines is 1. The molecule has 0 bridgehead atoms. The summed E-state index contributed by atoms with van der Waals surface area (Å²) in [5.74, 6) is -2.18. The fourth-order valence-electron chi connectivity index (χ4n) is 4.45. The van der Waals surface area contributed by atoms with Crippen LogP contribution in [0.25, 0.3) is 0 Å². The van der Waals surface area contributed by atoms with Gasteiger partial charge in [-0.1, -0.05) is 6.92 Å². The van der Waals surface area contributed by atoms with E-state index in [1.54, 1.807) is 4.90 Å². The molecule has 184 valence electrons. The number of benzene rings is 1. The lowest BCUT2D eigenvalue weighted by Crippen LogP contribution is -2.54. The lowest BCUT2D eigenvalue weighted by Gasteiger charge is -2.42. The largest absolute Gasteiger partial charge is 0.477 e. The van der Waals surface area contributed by atoms with Crippen molar-refractivity contribution in [3.8, 4) is 5.75 Å². The van der Waals surface area contributed by atoms with Gasteiger partial charge in [0.05, 0.1) is 0 Å². The Morgan fingerprint density at radius 3 is 2.35 bits per heavy atom. The molecule has 11 heteroatoms. The molecule has 2 aromatic rings. The van der Waals surface area contributed by atoms with E-state index in [4.69, 9.17) is 4.74 Å². The Balaban J connectivity index is 1.40. The highest BCUT2D eigenvalue weighted by atomic mass is 32.2. The summed E-state index contributed by atoms with van der Waals surface area (Å²) in [6.45, 7) is 4.04. The molecule has 0 N–H and O–H groups in total. The topological polar surface area (TPSA) is 92.7 Å². The third-order valence-electron chi connectivity index (χ3n) is 6.37. The van der Waals surface area contributed by atoms with Gasteiger partial charge in [-0.25, -0.2) is 27.2 Å². The van der Waals surface area contributed by atoms with Crippen LogP contribution in [0.5, 0.6) is 5.75 Å². The van der Waals surface area contributed by atoms with Crippen molar-refractivity contribution in [2.24, 2.45) is 0 Å². The van der Waals surface area contributed by atoms with E-state index >= 15 is 0 Å². The van der Waals surface area contributed by atoms with Crippen molar-refractivity contribution in [2.45, 2.75) is 56.1 Å². The number of hydrogen-bond acceptors (Lipinski definition) is 7. The Kier molecular flexibility index (Phi) is 7.01. The second kappa shape index (κ2) is 9.81. The standard InChI is InChI=1S/C23H28F2N4O4S/c1-3-15-13-26-23(27-14-15)28-9-6-16(7-10-28)29-8-4-5-19(22(29)30)33-20-11-18(25)21(12-17(20)24)34(2,31)32/h11-14,16,19H,3-10H2,1-2H3/t19-/m0/s1. The SMILES string of the molecule is CCc1cnc(N2CCC(N3CCC[C@H](Oc4cc(F)c(S(C)(=O)=O)cc4F)C3=O)CC2)nc1. The van der Waals surface area contributed by atoms with E-state index < -0.39 is 38.2 Å². The predicted octanol–water partition coefficient (Wildman–Crippen LogP) is 2.76. The molecule has 2 saturated heterocycles. The number of halogens is 2. The average molecular weight is 495 g/mol. The van der Waals surface area contributed by atoms with Crippen molar-refractivity contribution in [3.05, 3.63) is 41.7 Å². The summed E-state index contributed by atoms with van der Waals surface area (Å²) < 4.78 is 57.4. The Hall–Kier alpha value is -2.82. The molecule has 0 aliphatic carbocycles. The number of likely N-dealkylation sites (tertiary alicyclic amines) is 1. The number of hydrogen-bond donors (Lipinski definition) is 0. The van der Waals surface area contributed by atoms with E-state index in [2.05, 4.69) is 14.9 Å². The number of piperidine rings is 2. The molecule has 0 saturated carbocycles. The number of nitrogens with zero attached hydrogens (tertiary/aromatic N) is 4. The third-order valence-corrected chi connectivity index (χ3v) is 7.48. The number of rotatable bonds is 6. The van der Waals surface area contributed by atoms with Crippen molar-refractivity contribution in [1.29, 1.82) is 0 Å². The molecule has 1 amide bonds. The summed E-state index contributed by atoms with van der Waals surface area (Å²) in [5.41, 5.74) is 1.07. The molecular weight excluding hydrogens is 466 g/mol. The molecule has 0 spiro atoms. The number of amides is 1. The Morgan fingerprint density at radius 1 is 1.06 bits per heavy atom. The van der Waals surface area contributed by atoms with Crippen molar-refractivity contribution in [3.63, 3.8) is 0 Å². The Labute approximate surface area is 197 Å². The fraction of sp³-hybridized carbons (Fsp3) is 0.522. The van der Waals surface area contributed by atoms with E-state index in [-0.39, 0.29) is 11.9 Å². The summed E-state index contributed by atoms with van der Waals surface area (Å²) in [6.07, 6.45) is 6.91. The highest BCUT2D eigenvalue weighted by molar-refractivity contribution is 7.90. The van der Waals surface area contributed by atoms with E-state index in [9.17, 15) is 22.0 Å². The van der Waals surface area contributed by atoms with E-state index in [1.165, 1.54) is 0 Å². The van der Waals surface area contributed by atoms with Gasteiger partial charge < -0.3 is 14.5 Å². The molecule has 0 unspecified atom stereocenters. The average Bonchev–Trinajstić information content (AvgIpc) is 2.82. The number of carbonyl (C=O) groups excluding carboxylic acids is 1. The van der Waals surface area contributed by atoms with Crippen LogP contribution in [0.3, 0.4) is 0 Å². The van der Waals surface area contributed by atoms with Crippen LogP contribution in [0, 0.1) is 11.6 Å². The van der Waals surface area contributed by atoms with Crippen molar-refractivity contribution >= 4 is 21.7 Å². The van der Waals surface area contributed by atoms with Gasteiger partial charge in [0.1, 0.15) is 10.7 Å². The summed E-state index contributed by atoms with van der Waals surface area (Å²) in [7, 11) is -3.93. The van der Waals surface area contributed by atoms with Gasteiger partial charge in [0, 0.05) is 50.4 Å². The van der Waals surface area contributed by atoms with Crippen LogP contribution >= 0.6 is 0 Å². The number of aryl methyl sites for hydroxylation is 1. The van der Waals surface area contributed by atoms with Gasteiger partial charge in [-0.05, 0) is 43.7 Å². The molecule has 3 heterocycles. The first-order chi connectivity index (χ1) is 16.2. The third kappa shape index (κ3) is 5.13. The molecule has 2 fully saturated rings. The maximum atomic E-state index is 14.4. The molecule has 34 heavy (non-hydrogen) atoms. The van der Waals surface area contributed by atoms with E-state index in [0.717, 1.165) is 31.1 Å². The van der Waals surface area contributed by atoms with Crippen molar-refractivity contribution in [2.75, 3.05) is 30.8 Å². The maximum Gasteiger partial charge on any atom is 0.263 e. The minimum atomic E-state index is -3.93. The fourth-order valence-corrected chi connectivity index (χ4v) is 5.18. The minimum absolute atomic E-state index is 0.0132. The quantitative estimate of drug-likeness (QED) is 0.610. The monoisotopic (exact) mass is 494 g/mol. The van der Waals surface area contributed by atoms with Crippen molar-refractivity contribution < 1.29 is 26.7 Å². The lowest BCUT2D eigenvalue weighted by molar-refractivity contribution is -0.145. The lowest BCUT2D eigenvalue weighted by atomic mass is 9.98. The van der Waals surface area contributed by atoms with Crippen LogP contribution in [0.4, 0.5) is 14.7 Å². The highest BCUT2D eigenvalue weighted by Gasteiger charge is 2.37. The molecule has 1 atom stereocenters. The molecule has 1 aromatic heterocycles. The summed E-state index contributed by atoms with van der Waals surface area (Å²) in [6, 6.07) is 1.30. The first kappa shape index (κ1) is 24.3. The molecule has 4 rings (SSSR count). The van der Waals surface area contributed by atoms with Crippen LogP contribution in [0.2, 0.25) is 0 Å². The number of aromatic nitrogens is 2. The second-order valence-electron chi connectivity index (χ2n) is 8.73. The van der Waals surface area contributed by atoms with E-state index in [0.29, 0.717) is 50.6 Å². The highest BCUT2D eigenvalue weighted by Crippen LogP contribution is 2.29. The number of carbonyl (C=O) groups is 1. The van der Waals surface area contributed by atoms with Crippen LogP contribution in [-0.4, -0.2) is 67.2 Å². The van der Waals surface area contributed by atoms with Gasteiger partial charge in [0.15, 0.2) is 27.5 Å². The van der Waals surface area contributed by atoms with Crippen LogP contribution in [0.1, 0.15) is 38.2 Å². The first-order valence-corrected chi connectivity index (χ1v) is 13.3. The van der Waals surface area contributed by atoms with Crippen molar-refractivity contribution in [1.82, 2.24) is 14.9 Å². The summed E-state index contributed by atoms with van der Waals surface area (Å²) in [5, 5.41) is 0. The van der Waals surface area contributed by atoms with Gasteiger partial charge in [-0.15, -0.1) is 0 Å². The Morgan fingerprint density at radius 2 is 1.74 bits per heavy atom. The van der Waals surface area contributed by atoms with Crippen LogP contribution in [0.15, 0.2) is 29.4 Å². The van der Waals surface area contributed by atoms with Crippen LogP contribution < -0.4 is 9.64 Å². The van der Waals surface area contributed by atoms with Crippen LogP contribution in [-0.2, 0) is 21.1 Å². The zero-order valence-corrected chi connectivity index (χ0v) is 20.0. The zero-order valence-electron chi connectivity index (χ0n) is 19.2. The van der Waals surface area contributed by atoms with Gasteiger partial charge in [-0.2, -0.15) is 0 Å². The molecule has 2 aliphatic heterocycles. The normalized spacial score (nSPS) is 20.0. The maximum absolute atomic E-state index is 14.4. The molecular formula is C23H28F2N4O4S. The number of ether oxygens (including phenoxy) is 1. The predicted molar refractivity (Wildman–Crippen MR) is 121 cm³/mol. The summed E-state index contributed by atoms with van der Waals surface area (Å²) in [4.78, 5) is 25.1. The Bertz CT molecular complexity index is 1150. The summed E-state index contributed by atoms with van der Waals surface area (Å²) >= 11 is 0. The molecule has 1 aromatic carbocycles. The van der Waals surface area contributed by atoms with E-state index in [1.807, 2.05) is 19.3 Å². The van der Waals surface area contributed by atoms with Gasteiger partial charge >= 0.3 is 0 Å². The minimum Gasteiger partial charge on any atom is -0.477 e. The second-order valence-corrected chi connectivity index (χ2v) is 10.7. The van der Waals surface area contributed by atoms with Gasteiger partial charge in [0.25, 0.3) is 5.91 Å². The smallest absolute Gasteiger partial charge is 0.263 e. The molecule has 2 aliphatic rings.